The third kappa shape index (κ3) is 3.51. The quantitative estimate of drug-likeness (QED) is 0.844. The van der Waals surface area contributed by atoms with E-state index in [0.717, 1.165) is 43.9 Å². The summed E-state index contributed by atoms with van der Waals surface area (Å²) in [7, 11) is 1.87. The maximum atomic E-state index is 9.91. The second kappa shape index (κ2) is 6.68. The summed E-state index contributed by atoms with van der Waals surface area (Å²) in [4.78, 5) is 10.9. The van der Waals surface area contributed by atoms with Crippen LogP contribution in [0.15, 0.2) is 12.4 Å². The Balaban J connectivity index is 1.51. The van der Waals surface area contributed by atoms with Crippen LogP contribution in [0.1, 0.15) is 18.5 Å². The van der Waals surface area contributed by atoms with Gasteiger partial charge in [-0.1, -0.05) is 0 Å². The molecule has 2 fully saturated rings. The highest BCUT2D eigenvalue weighted by molar-refractivity contribution is 5.33. The number of hydrogen-bond acceptors (Lipinski definition) is 6. The molecule has 21 heavy (non-hydrogen) atoms. The largest absolute Gasteiger partial charge is 0.389 e. The Morgan fingerprint density at radius 2 is 2.14 bits per heavy atom. The fourth-order valence-corrected chi connectivity index (χ4v) is 3.31. The first-order chi connectivity index (χ1) is 10.3. The fourth-order valence-electron chi connectivity index (χ4n) is 3.31. The van der Waals surface area contributed by atoms with Crippen molar-refractivity contribution >= 4 is 5.82 Å². The number of aliphatic hydroxyl groups is 1. The van der Waals surface area contributed by atoms with Crippen molar-refractivity contribution in [3.63, 3.8) is 0 Å². The number of likely N-dealkylation sites (tertiary alicyclic amines) is 1. The van der Waals surface area contributed by atoms with Crippen LogP contribution in [-0.4, -0.2) is 65.5 Å². The van der Waals surface area contributed by atoms with Gasteiger partial charge in [0.2, 0.25) is 0 Å². The smallest absolute Gasteiger partial charge is 0.129 e. The molecule has 2 atom stereocenters. The van der Waals surface area contributed by atoms with Crippen LogP contribution in [0.3, 0.4) is 0 Å². The van der Waals surface area contributed by atoms with E-state index in [2.05, 4.69) is 20.2 Å². The monoisotopic (exact) mass is 292 g/mol. The normalized spacial score (nSPS) is 27.9. The van der Waals surface area contributed by atoms with E-state index in [1.165, 1.54) is 0 Å². The van der Waals surface area contributed by atoms with Gasteiger partial charge in [0.05, 0.1) is 25.4 Å². The molecule has 2 saturated heterocycles. The molecule has 2 N–H and O–H groups in total. The van der Waals surface area contributed by atoms with Crippen LogP contribution in [0.4, 0.5) is 5.82 Å². The van der Waals surface area contributed by atoms with Gasteiger partial charge in [0, 0.05) is 18.8 Å². The summed E-state index contributed by atoms with van der Waals surface area (Å²) in [5.74, 6) is 1.55. The molecule has 0 unspecified atom stereocenters. The van der Waals surface area contributed by atoms with Crippen molar-refractivity contribution in [2.24, 2.45) is 5.92 Å². The number of nitrogens with one attached hydrogen (secondary N) is 1. The van der Waals surface area contributed by atoms with Gasteiger partial charge in [-0.05, 0) is 38.3 Å². The molecule has 0 amide bonds. The van der Waals surface area contributed by atoms with Gasteiger partial charge in [-0.2, -0.15) is 0 Å². The molecular formula is C15H24N4O2. The van der Waals surface area contributed by atoms with Crippen LogP contribution in [-0.2, 0) is 11.2 Å². The van der Waals surface area contributed by atoms with Gasteiger partial charge in [-0.25, -0.2) is 9.97 Å². The van der Waals surface area contributed by atoms with Crippen molar-refractivity contribution in [2.75, 3.05) is 38.7 Å². The molecule has 1 aromatic heterocycles. The summed E-state index contributed by atoms with van der Waals surface area (Å²) in [6, 6.07) is 2.22. The van der Waals surface area contributed by atoms with Gasteiger partial charge >= 0.3 is 0 Å². The van der Waals surface area contributed by atoms with Gasteiger partial charge in [0.1, 0.15) is 12.1 Å². The Labute approximate surface area is 125 Å². The molecule has 2 aliphatic heterocycles. The van der Waals surface area contributed by atoms with Gasteiger partial charge in [0.25, 0.3) is 0 Å². The lowest BCUT2D eigenvalue weighted by Crippen LogP contribution is -2.47. The van der Waals surface area contributed by atoms with Crippen LogP contribution >= 0.6 is 0 Å². The predicted molar refractivity (Wildman–Crippen MR) is 80.2 cm³/mol. The molecule has 3 heterocycles. The van der Waals surface area contributed by atoms with E-state index in [0.29, 0.717) is 19.1 Å². The summed E-state index contributed by atoms with van der Waals surface area (Å²) in [5, 5.41) is 13.0. The average molecular weight is 292 g/mol. The number of aromatic nitrogens is 2. The molecule has 3 rings (SSSR count). The lowest BCUT2D eigenvalue weighted by molar-refractivity contribution is 0.0586. The zero-order chi connectivity index (χ0) is 14.7. The van der Waals surface area contributed by atoms with Gasteiger partial charge < -0.3 is 15.2 Å². The minimum atomic E-state index is -0.318. The highest BCUT2D eigenvalue weighted by Crippen LogP contribution is 2.25. The minimum Gasteiger partial charge on any atom is -0.389 e. The zero-order valence-electron chi connectivity index (χ0n) is 12.5. The summed E-state index contributed by atoms with van der Waals surface area (Å²) >= 11 is 0. The van der Waals surface area contributed by atoms with Gasteiger partial charge in [0.15, 0.2) is 0 Å². The van der Waals surface area contributed by atoms with Gasteiger partial charge in [-0.15, -0.1) is 0 Å². The van der Waals surface area contributed by atoms with Crippen LogP contribution in [0.2, 0.25) is 0 Å². The average Bonchev–Trinajstić information content (AvgIpc) is 2.94. The molecule has 116 valence electrons. The lowest BCUT2D eigenvalue weighted by atomic mass is 9.91. The second-order valence-corrected chi connectivity index (χ2v) is 6.00. The summed E-state index contributed by atoms with van der Waals surface area (Å²) in [6.45, 7) is 3.24. The number of ether oxygens (including phenoxy) is 1. The summed E-state index contributed by atoms with van der Waals surface area (Å²) in [5.41, 5.74) is 1.11. The van der Waals surface area contributed by atoms with Crippen LogP contribution in [0.25, 0.3) is 0 Å². The molecule has 0 radical (unpaired) electrons. The number of nitrogens with zero attached hydrogens (tertiary/aromatic N) is 3. The molecule has 0 aromatic carbocycles. The van der Waals surface area contributed by atoms with Gasteiger partial charge in [-0.3, -0.25) is 4.90 Å². The highest BCUT2D eigenvalue weighted by atomic mass is 16.5. The summed E-state index contributed by atoms with van der Waals surface area (Å²) in [6.07, 6.45) is 4.63. The third-order valence-corrected chi connectivity index (χ3v) is 4.62. The lowest BCUT2D eigenvalue weighted by Gasteiger charge is -2.36. The van der Waals surface area contributed by atoms with Crippen molar-refractivity contribution in [1.82, 2.24) is 14.9 Å². The van der Waals surface area contributed by atoms with Crippen LogP contribution in [0.5, 0.6) is 0 Å². The zero-order valence-corrected chi connectivity index (χ0v) is 12.5. The van der Waals surface area contributed by atoms with E-state index < -0.39 is 0 Å². The van der Waals surface area contributed by atoms with E-state index in [1.807, 2.05) is 13.1 Å². The topological polar surface area (TPSA) is 70.5 Å². The van der Waals surface area contributed by atoms with Crippen LogP contribution in [0, 0.1) is 5.92 Å². The van der Waals surface area contributed by atoms with E-state index >= 15 is 0 Å². The fraction of sp³-hybridized carbons (Fsp3) is 0.733. The highest BCUT2D eigenvalue weighted by Gasteiger charge is 2.33. The Bertz CT molecular complexity index is 463. The minimum absolute atomic E-state index is 0.195. The van der Waals surface area contributed by atoms with E-state index in [9.17, 15) is 5.11 Å². The van der Waals surface area contributed by atoms with E-state index in [-0.39, 0.29) is 12.1 Å². The number of rotatable bonds is 4. The maximum Gasteiger partial charge on any atom is 0.129 e. The molecule has 0 aliphatic carbocycles. The van der Waals surface area contributed by atoms with Crippen molar-refractivity contribution in [3.8, 4) is 0 Å². The number of hydrogen-bond donors (Lipinski definition) is 2. The standard InChI is InChI=1S/C15H24N4O2/c1-16-15-7-12(17-10-18-15)6-11-2-4-19(5-3-11)13-8-21-9-14(13)20/h7,10-11,13-14,20H,2-6,8-9H2,1H3,(H,16,17,18)/t13-,14-/m1/s1. The Kier molecular flexibility index (Phi) is 4.67. The first-order valence-electron chi connectivity index (χ1n) is 7.75. The van der Waals surface area contributed by atoms with Crippen molar-refractivity contribution < 1.29 is 9.84 Å². The first kappa shape index (κ1) is 14.7. The molecule has 6 heteroatoms. The molecule has 0 bridgehead atoms. The molecular weight excluding hydrogens is 268 g/mol. The van der Waals surface area contributed by atoms with Crippen molar-refractivity contribution in [3.05, 3.63) is 18.1 Å². The summed E-state index contributed by atoms with van der Waals surface area (Å²) < 4.78 is 5.36. The Morgan fingerprint density at radius 3 is 2.81 bits per heavy atom. The predicted octanol–water partition coefficient (Wildman–Crippen LogP) is 0.532. The third-order valence-electron chi connectivity index (χ3n) is 4.62. The molecule has 1 aromatic rings. The molecule has 0 saturated carbocycles. The number of piperidine rings is 1. The first-order valence-corrected chi connectivity index (χ1v) is 7.75. The van der Waals surface area contributed by atoms with Crippen molar-refractivity contribution in [1.29, 1.82) is 0 Å². The number of anilines is 1. The van der Waals surface area contributed by atoms with Crippen LogP contribution < -0.4 is 5.32 Å². The number of aliphatic hydroxyl groups excluding tert-OH is 1. The molecule has 6 nitrogen and oxygen atoms in total. The Hall–Kier alpha value is -1.24. The molecule has 2 aliphatic rings. The van der Waals surface area contributed by atoms with Crippen molar-refractivity contribution in [2.45, 2.75) is 31.4 Å². The molecule has 0 spiro atoms. The SMILES string of the molecule is CNc1cc(CC2CCN([C@@H]3COC[C@H]3O)CC2)ncn1. The second-order valence-electron chi connectivity index (χ2n) is 6.00. The Morgan fingerprint density at radius 1 is 1.33 bits per heavy atom. The van der Waals surface area contributed by atoms with E-state index in [4.69, 9.17) is 4.74 Å². The van der Waals surface area contributed by atoms with E-state index in [1.54, 1.807) is 6.33 Å². The maximum absolute atomic E-state index is 9.91.